The van der Waals surface area contributed by atoms with Gasteiger partial charge in [-0.25, -0.2) is 4.79 Å². The van der Waals surface area contributed by atoms with Crippen LogP contribution in [0.25, 0.3) is 0 Å². The summed E-state index contributed by atoms with van der Waals surface area (Å²) in [6.45, 7) is 4.25. The van der Waals surface area contributed by atoms with Gasteiger partial charge in [0, 0.05) is 17.9 Å². The fraction of sp³-hybridized carbons (Fsp3) is 0.667. The van der Waals surface area contributed by atoms with Crippen molar-refractivity contribution in [2.24, 2.45) is 5.92 Å². The molecule has 12 heavy (non-hydrogen) atoms. The van der Waals surface area contributed by atoms with Crippen molar-refractivity contribution < 1.29 is 0 Å². The van der Waals surface area contributed by atoms with Crippen molar-refractivity contribution >= 4 is 0 Å². The topological polar surface area (TPSA) is 37.8 Å². The van der Waals surface area contributed by atoms with Crippen LogP contribution in [0.1, 0.15) is 26.7 Å². The maximum absolute atomic E-state index is 11.3. The summed E-state index contributed by atoms with van der Waals surface area (Å²) < 4.78 is 1.80. The average Bonchev–Trinajstić information content (AvgIpc) is 2.75. The van der Waals surface area contributed by atoms with Gasteiger partial charge < -0.3 is 4.98 Å². The molecule has 0 atom stereocenters. The first kappa shape index (κ1) is 7.65. The van der Waals surface area contributed by atoms with Gasteiger partial charge in [0.05, 0.1) is 0 Å². The average molecular weight is 166 g/mol. The van der Waals surface area contributed by atoms with Crippen LogP contribution in [0.5, 0.6) is 0 Å². The first-order valence-corrected chi connectivity index (χ1v) is 4.39. The van der Waals surface area contributed by atoms with Gasteiger partial charge in [-0.05, 0) is 32.6 Å². The number of H-pyrrole nitrogens is 1. The minimum Gasteiger partial charge on any atom is -0.313 e. The molecule has 3 nitrogen and oxygen atoms in total. The lowest BCUT2D eigenvalue weighted by Gasteiger charge is -2.25. The lowest BCUT2D eigenvalue weighted by Crippen LogP contribution is -2.36. The number of aromatic amines is 1. The number of aromatic nitrogens is 2. The van der Waals surface area contributed by atoms with Gasteiger partial charge in [0.25, 0.3) is 0 Å². The Hall–Kier alpha value is -0.990. The molecule has 1 aromatic rings. The molecular weight excluding hydrogens is 152 g/mol. The maximum atomic E-state index is 11.3. The molecule has 0 bridgehead atoms. The largest absolute Gasteiger partial charge is 0.325 e. The zero-order chi connectivity index (χ0) is 8.77. The summed E-state index contributed by atoms with van der Waals surface area (Å²) in [6, 6.07) is 0. The van der Waals surface area contributed by atoms with E-state index in [2.05, 4.69) is 18.8 Å². The van der Waals surface area contributed by atoms with Crippen molar-refractivity contribution in [3.05, 3.63) is 22.9 Å². The summed E-state index contributed by atoms with van der Waals surface area (Å²) in [4.78, 5) is 14.0. The van der Waals surface area contributed by atoms with Crippen LogP contribution in [0.2, 0.25) is 0 Å². The van der Waals surface area contributed by atoms with Crippen LogP contribution in [-0.4, -0.2) is 9.55 Å². The Morgan fingerprint density at radius 2 is 2.25 bits per heavy atom. The van der Waals surface area contributed by atoms with Gasteiger partial charge in [0.2, 0.25) is 0 Å². The van der Waals surface area contributed by atoms with Gasteiger partial charge in [0.15, 0.2) is 0 Å². The van der Waals surface area contributed by atoms with Crippen LogP contribution in [-0.2, 0) is 5.54 Å². The van der Waals surface area contributed by atoms with Crippen LogP contribution < -0.4 is 5.69 Å². The van der Waals surface area contributed by atoms with Crippen LogP contribution in [0, 0.1) is 5.92 Å². The molecule has 1 aliphatic rings. The lowest BCUT2D eigenvalue weighted by molar-refractivity contribution is 0.296. The number of nitrogens with one attached hydrogen (secondary N) is 1. The normalized spacial score (nSPS) is 18.2. The highest BCUT2D eigenvalue weighted by Crippen LogP contribution is 2.43. The smallest absolute Gasteiger partial charge is 0.313 e. The third-order valence-electron chi connectivity index (χ3n) is 2.85. The van der Waals surface area contributed by atoms with Crippen LogP contribution in [0.3, 0.4) is 0 Å². The van der Waals surface area contributed by atoms with Gasteiger partial charge in [-0.2, -0.15) is 0 Å². The molecule has 3 heteroatoms. The molecule has 0 spiro atoms. The Kier molecular flexibility index (Phi) is 1.43. The number of hydrogen-bond acceptors (Lipinski definition) is 1. The molecule has 0 amide bonds. The fourth-order valence-electron chi connectivity index (χ4n) is 1.76. The molecule has 66 valence electrons. The van der Waals surface area contributed by atoms with Crippen molar-refractivity contribution in [1.29, 1.82) is 0 Å². The van der Waals surface area contributed by atoms with Crippen molar-refractivity contribution in [2.45, 2.75) is 32.2 Å². The van der Waals surface area contributed by atoms with Crippen LogP contribution in [0.4, 0.5) is 0 Å². The third-order valence-corrected chi connectivity index (χ3v) is 2.85. The second kappa shape index (κ2) is 2.25. The molecule has 1 heterocycles. The summed E-state index contributed by atoms with van der Waals surface area (Å²) in [5.74, 6) is 0.686. The molecule has 2 rings (SSSR count). The van der Waals surface area contributed by atoms with Gasteiger partial charge in [-0.15, -0.1) is 0 Å². The Labute approximate surface area is 71.4 Å². The molecule has 0 saturated heterocycles. The first-order chi connectivity index (χ1) is 5.62. The highest BCUT2D eigenvalue weighted by Gasteiger charge is 2.39. The van der Waals surface area contributed by atoms with E-state index in [9.17, 15) is 4.79 Å². The van der Waals surface area contributed by atoms with Crippen molar-refractivity contribution in [3.8, 4) is 0 Å². The maximum Gasteiger partial charge on any atom is 0.325 e. The molecular formula is C9H14N2O. The van der Waals surface area contributed by atoms with E-state index in [1.54, 1.807) is 10.8 Å². The van der Waals surface area contributed by atoms with Crippen LogP contribution in [0.15, 0.2) is 17.2 Å². The summed E-state index contributed by atoms with van der Waals surface area (Å²) in [5, 5.41) is 0. The number of nitrogens with zero attached hydrogens (tertiary/aromatic N) is 1. The Morgan fingerprint density at radius 3 is 2.67 bits per heavy atom. The molecule has 1 fully saturated rings. The predicted octanol–water partition coefficient (Wildman–Crippen LogP) is 1.32. The van der Waals surface area contributed by atoms with E-state index in [1.165, 1.54) is 12.8 Å². The fourth-order valence-corrected chi connectivity index (χ4v) is 1.76. The highest BCUT2D eigenvalue weighted by molar-refractivity contribution is 4.96. The molecule has 0 aromatic carbocycles. The quantitative estimate of drug-likeness (QED) is 0.707. The van der Waals surface area contributed by atoms with Gasteiger partial charge in [0.1, 0.15) is 0 Å². The second-order valence-corrected chi connectivity index (χ2v) is 4.06. The van der Waals surface area contributed by atoms with E-state index in [-0.39, 0.29) is 11.2 Å². The molecule has 0 unspecified atom stereocenters. The Morgan fingerprint density at radius 1 is 1.58 bits per heavy atom. The van der Waals surface area contributed by atoms with E-state index >= 15 is 0 Å². The zero-order valence-electron chi connectivity index (χ0n) is 7.50. The van der Waals surface area contributed by atoms with Gasteiger partial charge in [-0.3, -0.25) is 4.57 Å². The van der Waals surface area contributed by atoms with Crippen molar-refractivity contribution in [2.75, 3.05) is 0 Å². The third kappa shape index (κ3) is 1.00. The highest BCUT2D eigenvalue weighted by atomic mass is 16.1. The number of imidazole rings is 1. The van der Waals surface area contributed by atoms with E-state index < -0.39 is 0 Å². The monoisotopic (exact) mass is 166 g/mol. The molecule has 1 aromatic heterocycles. The van der Waals surface area contributed by atoms with E-state index in [4.69, 9.17) is 0 Å². The lowest BCUT2D eigenvalue weighted by atomic mass is 9.99. The SMILES string of the molecule is CC(C)(C1CC1)n1cc[nH]c1=O. The molecule has 1 aliphatic carbocycles. The van der Waals surface area contributed by atoms with E-state index in [0.717, 1.165) is 0 Å². The predicted molar refractivity (Wildman–Crippen MR) is 47.1 cm³/mol. The first-order valence-electron chi connectivity index (χ1n) is 4.39. The van der Waals surface area contributed by atoms with Gasteiger partial charge >= 0.3 is 5.69 Å². The van der Waals surface area contributed by atoms with E-state index in [0.29, 0.717) is 5.92 Å². The van der Waals surface area contributed by atoms with E-state index in [1.807, 2.05) is 6.20 Å². The van der Waals surface area contributed by atoms with Crippen LogP contribution >= 0.6 is 0 Å². The standard InChI is InChI=1S/C9H14N2O/c1-9(2,7-3-4-7)11-6-5-10-8(11)12/h5-7H,3-4H2,1-2H3,(H,10,12). The summed E-state index contributed by atoms with van der Waals surface area (Å²) >= 11 is 0. The minimum absolute atomic E-state index is 0.00289. The number of rotatable bonds is 2. The van der Waals surface area contributed by atoms with Gasteiger partial charge in [-0.1, -0.05) is 0 Å². The summed E-state index contributed by atoms with van der Waals surface area (Å²) in [6.07, 6.45) is 6.04. The van der Waals surface area contributed by atoms with Crippen molar-refractivity contribution in [3.63, 3.8) is 0 Å². The summed E-state index contributed by atoms with van der Waals surface area (Å²) in [5.41, 5.74) is 0.00350. The Bertz CT molecular complexity index is 330. The molecule has 0 aliphatic heterocycles. The molecule has 1 N–H and O–H groups in total. The molecule has 1 saturated carbocycles. The van der Waals surface area contributed by atoms with Crippen molar-refractivity contribution in [1.82, 2.24) is 9.55 Å². The number of hydrogen-bond donors (Lipinski definition) is 1. The zero-order valence-corrected chi connectivity index (χ0v) is 7.50. The Balaban J connectivity index is 2.40. The second-order valence-electron chi connectivity index (χ2n) is 4.06. The molecule has 0 radical (unpaired) electrons. The summed E-state index contributed by atoms with van der Waals surface area (Å²) in [7, 11) is 0. The minimum atomic E-state index is -0.00289.